The van der Waals surface area contributed by atoms with Crippen LogP contribution in [0, 0.1) is 5.41 Å². The van der Waals surface area contributed by atoms with Crippen molar-refractivity contribution in [1.82, 2.24) is 16.0 Å². The molecule has 3 rings (SSSR count). The van der Waals surface area contributed by atoms with E-state index in [1.165, 1.54) is 11.3 Å². The van der Waals surface area contributed by atoms with Gasteiger partial charge in [-0.15, -0.1) is 11.3 Å². The first-order chi connectivity index (χ1) is 18.5. The summed E-state index contributed by atoms with van der Waals surface area (Å²) in [6.45, 7) is 5.31. The van der Waals surface area contributed by atoms with Crippen LogP contribution >= 0.6 is 11.3 Å². The van der Waals surface area contributed by atoms with E-state index in [9.17, 15) is 24.6 Å². The fourth-order valence-corrected chi connectivity index (χ4v) is 5.05. The third kappa shape index (κ3) is 9.53. The molecule has 208 valence electrons. The van der Waals surface area contributed by atoms with Crippen LogP contribution < -0.4 is 16.0 Å². The summed E-state index contributed by atoms with van der Waals surface area (Å²) in [5.74, 6) is -0.743. The van der Waals surface area contributed by atoms with Gasteiger partial charge in [-0.05, 0) is 47.3 Å². The quantitative estimate of drug-likeness (QED) is 0.230. The predicted molar refractivity (Wildman–Crippen MR) is 153 cm³/mol. The van der Waals surface area contributed by atoms with Gasteiger partial charge in [-0.2, -0.15) is 0 Å². The average Bonchev–Trinajstić information content (AvgIpc) is 3.42. The minimum absolute atomic E-state index is 0.177. The minimum atomic E-state index is -1.30. The molecule has 3 aromatic rings. The molecule has 9 heteroatoms. The van der Waals surface area contributed by atoms with Crippen molar-refractivity contribution >= 4 is 29.2 Å². The SMILES string of the molecule is CC(C)(C)[C@H](NC(=O)O)C(=O)N[C@@H](Cc1ccccc1)[C@H](O)C[C@H](Cc1ccccc1)NC(=O)c1cccs1. The van der Waals surface area contributed by atoms with Gasteiger partial charge in [0.25, 0.3) is 5.91 Å². The number of rotatable bonds is 12. The van der Waals surface area contributed by atoms with Crippen molar-refractivity contribution in [1.29, 1.82) is 0 Å². The second kappa shape index (κ2) is 13.9. The Morgan fingerprint density at radius 3 is 1.92 bits per heavy atom. The normalized spacial score (nSPS) is 14.5. The monoisotopic (exact) mass is 551 g/mol. The average molecular weight is 552 g/mol. The first-order valence-electron chi connectivity index (χ1n) is 12.9. The Morgan fingerprint density at radius 2 is 1.41 bits per heavy atom. The molecule has 0 aliphatic rings. The highest BCUT2D eigenvalue weighted by Gasteiger charge is 2.35. The summed E-state index contributed by atoms with van der Waals surface area (Å²) in [7, 11) is 0. The van der Waals surface area contributed by atoms with Crippen LogP contribution in [-0.4, -0.2) is 52.4 Å². The van der Waals surface area contributed by atoms with Crippen molar-refractivity contribution in [3.63, 3.8) is 0 Å². The maximum atomic E-state index is 13.3. The van der Waals surface area contributed by atoms with E-state index in [1.54, 1.807) is 26.8 Å². The molecule has 0 radical (unpaired) electrons. The maximum Gasteiger partial charge on any atom is 0.405 e. The van der Waals surface area contributed by atoms with E-state index in [2.05, 4.69) is 16.0 Å². The Hall–Kier alpha value is -3.69. The van der Waals surface area contributed by atoms with Crippen LogP contribution in [0.15, 0.2) is 78.2 Å². The molecule has 1 aromatic heterocycles. The topological polar surface area (TPSA) is 128 Å². The van der Waals surface area contributed by atoms with Crippen LogP contribution in [0.4, 0.5) is 4.79 Å². The van der Waals surface area contributed by atoms with Crippen LogP contribution in [0.1, 0.15) is 48.0 Å². The standard InChI is InChI=1S/C30H37N3O5S/c1-30(2,3)26(33-29(37)38)28(36)32-23(18-21-13-8-5-9-14-21)24(34)19-22(17-20-11-6-4-7-12-20)31-27(35)25-15-10-16-39-25/h4-16,22-24,26,33-34H,17-19H2,1-3H3,(H,31,35)(H,32,36)(H,37,38)/t22-,23-,24+,26+/m0/s1. The molecule has 39 heavy (non-hydrogen) atoms. The number of nitrogens with one attached hydrogen (secondary N) is 3. The van der Waals surface area contributed by atoms with Gasteiger partial charge in [0, 0.05) is 6.04 Å². The molecular formula is C30H37N3O5S. The Labute approximate surface area is 233 Å². The third-order valence-corrected chi connectivity index (χ3v) is 7.29. The lowest BCUT2D eigenvalue weighted by atomic mass is 9.85. The number of aliphatic hydroxyl groups is 1. The highest BCUT2D eigenvalue weighted by Crippen LogP contribution is 2.21. The van der Waals surface area contributed by atoms with Crippen molar-refractivity contribution < 1.29 is 24.6 Å². The number of hydrogen-bond acceptors (Lipinski definition) is 5. The van der Waals surface area contributed by atoms with E-state index < -0.39 is 41.6 Å². The molecule has 8 nitrogen and oxygen atoms in total. The summed E-state index contributed by atoms with van der Waals surface area (Å²) in [5.41, 5.74) is 1.21. The first-order valence-corrected chi connectivity index (χ1v) is 13.8. The number of hydrogen-bond donors (Lipinski definition) is 5. The molecule has 0 fully saturated rings. The lowest BCUT2D eigenvalue weighted by Gasteiger charge is -2.33. The third-order valence-electron chi connectivity index (χ3n) is 6.42. The van der Waals surface area contributed by atoms with Crippen LogP contribution in [0.5, 0.6) is 0 Å². The lowest BCUT2D eigenvalue weighted by Crippen LogP contribution is -2.58. The van der Waals surface area contributed by atoms with Gasteiger partial charge in [0.2, 0.25) is 5.91 Å². The zero-order chi connectivity index (χ0) is 28.4. The molecule has 0 spiro atoms. The summed E-state index contributed by atoms with van der Waals surface area (Å²) in [6, 6.07) is 20.5. The minimum Gasteiger partial charge on any atom is -0.465 e. The smallest absolute Gasteiger partial charge is 0.405 e. The number of carboxylic acid groups (broad SMARTS) is 1. The second-order valence-corrected chi connectivity index (χ2v) is 11.6. The predicted octanol–water partition coefficient (Wildman–Crippen LogP) is 4.25. The van der Waals surface area contributed by atoms with E-state index in [0.29, 0.717) is 17.7 Å². The van der Waals surface area contributed by atoms with Gasteiger partial charge in [0.1, 0.15) is 6.04 Å². The van der Waals surface area contributed by atoms with Crippen molar-refractivity contribution in [3.05, 3.63) is 94.2 Å². The molecule has 0 aliphatic carbocycles. The molecule has 0 saturated carbocycles. The molecule has 0 unspecified atom stereocenters. The molecule has 5 N–H and O–H groups in total. The molecule has 0 aliphatic heterocycles. The molecule has 0 saturated heterocycles. The number of carbonyl (C=O) groups is 3. The summed E-state index contributed by atoms with van der Waals surface area (Å²) in [5, 5.41) is 30.9. The number of amides is 3. The van der Waals surface area contributed by atoms with Gasteiger partial charge in [0.05, 0.1) is 17.0 Å². The van der Waals surface area contributed by atoms with Crippen molar-refractivity contribution in [2.24, 2.45) is 5.41 Å². The second-order valence-electron chi connectivity index (χ2n) is 10.7. The first kappa shape index (κ1) is 29.9. The highest BCUT2D eigenvalue weighted by atomic mass is 32.1. The molecule has 2 aromatic carbocycles. The zero-order valence-electron chi connectivity index (χ0n) is 22.5. The van der Waals surface area contributed by atoms with Gasteiger partial charge in [-0.25, -0.2) is 4.79 Å². The van der Waals surface area contributed by atoms with Crippen LogP contribution in [0.25, 0.3) is 0 Å². The molecule has 0 bridgehead atoms. The van der Waals surface area contributed by atoms with E-state index >= 15 is 0 Å². The largest absolute Gasteiger partial charge is 0.465 e. The molecule has 3 amide bonds. The molecule has 4 atom stereocenters. The summed E-state index contributed by atoms with van der Waals surface area (Å²) < 4.78 is 0. The fourth-order valence-electron chi connectivity index (χ4n) is 4.43. The number of benzene rings is 2. The van der Waals surface area contributed by atoms with Gasteiger partial charge < -0.3 is 26.2 Å². The van der Waals surface area contributed by atoms with E-state index in [0.717, 1.165) is 11.1 Å². The summed E-state index contributed by atoms with van der Waals surface area (Å²) in [6.07, 6.45) is -1.33. The van der Waals surface area contributed by atoms with Gasteiger partial charge >= 0.3 is 6.09 Å². The number of aliphatic hydroxyl groups excluding tert-OH is 1. The Kier molecular flexibility index (Phi) is 10.7. The summed E-state index contributed by atoms with van der Waals surface area (Å²) in [4.78, 5) is 38.2. The lowest BCUT2D eigenvalue weighted by molar-refractivity contribution is -0.127. The van der Waals surface area contributed by atoms with Crippen molar-refractivity contribution in [2.75, 3.05) is 0 Å². The maximum absolute atomic E-state index is 13.3. The number of carbonyl (C=O) groups excluding carboxylic acids is 2. The van der Waals surface area contributed by atoms with Crippen molar-refractivity contribution in [2.45, 2.75) is 64.3 Å². The van der Waals surface area contributed by atoms with E-state index in [1.807, 2.05) is 72.1 Å². The van der Waals surface area contributed by atoms with Gasteiger partial charge in [0.15, 0.2) is 0 Å². The fraction of sp³-hybridized carbons (Fsp3) is 0.367. The van der Waals surface area contributed by atoms with Crippen LogP contribution in [-0.2, 0) is 17.6 Å². The highest BCUT2D eigenvalue weighted by molar-refractivity contribution is 7.12. The van der Waals surface area contributed by atoms with E-state index in [4.69, 9.17) is 0 Å². The zero-order valence-corrected chi connectivity index (χ0v) is 23.3. The number of thiophene rings is 1. The van der Waals surface area contributed by atoms with Crippen LogP contribution in [0.2, 0.25) is 0 Å². The Morgan fingerprint density at radius 1 is 0.821 bits per heavy atom. The van der Waals surface area contributed by atoms with Crippen molar-refractivity contribution in [3.8, 4) is 0 Å². The van der Waals surface area contributed by atoms with Gasteiger partial charge in [-0.3, -0.25) is 9.59 Å². The molecule has 1 heterocycles. The molecular weight excluding hydrogens is 514 g/mol. The van der Waals surface area contributed by atoms with Crippen LogP contribution in [0.3, 0.4) is 0 Å². The Bertz CT molecular complexity index is 1200. The Balaban J connectivity index is 1.84. The van der Waals surface area contributed by atoms with Gasteiger partial charge in [-0.1, -0.05) is 87.5 Å². The van der Waals surface area contributed by atoms with E-state index in [-0.39, 0.29) is 12.3 Å². The summed E-state index contributed by atoms with van der Waals surface area (Å²) >= 11 is 1.34.